The van der Waals surface area contributed by atoms with Gasteiger partial charge >= 0.3 is 0 Å². The van der Waals surface area contributed by atoms with Crippen LogP contribution in [0.2, 0.25) is 10.0 Å². The van der Waals surface area contributed by atoms with Crippen molar-refractivity contribution in [3.8, 4) is 16.9 Å². The van der Waals surface area contributed by atoms with Gasteiger partial charge in [-0.1, -0.05) is 35.3 Å². The zero-order chi connectivity index (χ0) is 20.5. The number of aromatic nitrogens is 2. The second-order valence-corrected chi connectivity index (χ2v) is 7.28. The molecule has 3 aromatic rings. The lowest BCUT2D eigenvalue weighted by Gasteiger charge is -2.24. The molecule has 1 aliphatic heterocycles. The fraction of sp³-hybridized carbons (Fsp3) is 0.150. The monoisotopic (exact) mass is 430 g/mol. The average Bonchev–Trinajstić information content (AvgIpc) is 3.13. The van der Waals surface area contributed by atoms with Crippen LogP contribution in [0.1, 0.15) is 12.5 Å². The van der Waals surface area contributed by atoms with E-state index in [2.05, 4.69) is 15.7 Å². The number of halogens is 2. The highest BCUT2D eigenvalue weighted by molar-refractivity contribution is 6.42. The third-order valence-electron chi connectivity index (χ3n) is 4.62. The Kier molecular flexibility index (Phi) is 5.17. The minimum atomic E-state index is -0.791. The maximum Gasteiger partial charge on any atom is 0.249 e. The topological polar surface area (TPSA) is 85.2 Å². The highest BCUT2D eigenvalue weighted by atomic mass is 35.5. The maximum atomic E-state index is 12.9. The second-order valence-electron chi connectivity index (χ2n) is 6.47. The number of rotatable bonds is 4. The molecule has 1 atom stereocenters. The summed E-state index contributed by atoms with van der Waals surface area (Å²) in [5, 5.41) is 10.6. The summed E-state index contributed by atoms with van der Waals surface area (Å²) in [5.41, 5.74) is 2.05. The number of benzene rings is 2. The van der Waals surface area contributed by atoms with Crippen LogP contribution in [0, 0.1) is 0 Å². The van der Waals surface area contributed by atoms with Crippen LogP contribution in [-0.2, 0) is 9.59 Å². The molecule has 148 valence electrons. The molecule has 7 nitrogen and oxygen atoms in total. The summed E-state index contributed by atoms with van der Waals surface area (Å²) in [6.07, 6.45) is 1.60. The third kappa shape index (κ3) is 3.79. The van der Waals surface area contributed by atoms with Gasteiger partial charge in [0.05, 0.1) is 29.8 Å². The number of fused-ring (bicyclic) bond motifs is 1. The van der Waals surface area contributed by atoms with E-state index >= 15 is 0 Å². The Bertz CT molecular complexity index is 1100. The molecular weight excluding hydrogens is 415 g/mol. The molecule has 0 saturated heterocycles. The highest BCUT2D eigenvalue weighted by Gasteiger charge is 2.33. The molecule has 2 amide bonds. The smallest absolute Gasteiger partial charge is 0.249 e. The van der Waals surface area contributed by atoms with E-state index in [1.54, 1.807) is 31.5 Å². The molecule has 2 N–H and O–H groups in total. The number of anilines is 2. The molecular formula is C20H16Cl2N4O3. The van der Waals surface area contributed by atoms with Crippen molar-refractivity contribution in [3.05, 3.63) is 58.7 Å². The Morgan fingerprint density at radius 1 is 1.21 bits per heavy atom. The molecule has 9 heteroatoms. The number of carbonyl (C=O) groups is 2. The Balaban J connectivity index is 1.64. The van der Waals surface area contributed by atoms with E-state index in [1.165, 1.54) is 4.68 Å². The van der Waals surface area contributed by atoms with Crippen LogP contribution in [0.3, 0.4) is 0 Å². The Morgan fingerprint density at radius 3 is 2.66 bits per heavy atom. The van der Waals surface area contributed by atoms with E-state index in [0.29, 0.717) is 27.1 Å². The summed E-state index contributed by atoms with van der Waals surface area (Å²) in [6, 6.07) is 11.4. The molecule has 0 saturated carbocycles. The largest absolute Gasteiger partial charge is 0.497 e. The molecule has 0 radical (unpaired) electrons. The molecule has 4 rings (SSSR count). The van der Waals surface area contributed by atoms with E-state index in [0.717, 1.165) is 11.3 Å². The van der Waals surface area contributed by atoms with E-state index in [4.69, 9.17) is 27.9 Å². The van der Waals surface area contributed by atoms with Gasteiger partial charge < -0.3 is 15.4 Å². The second kappa shape index (κ2) is 7.77. The van der Waals surface area contributed by atoms with Gasteiger partial charge in [-0.2, -0.15) is 5.10 Å². The van der Waals surface area contributed by atoms with Crippen LogP contribution in [0.25, 0.3) is 11.1 Å². The fourth-order valence-corrected chi connectivity index (χ4v) is 3.45. The molecule has 29 heavy (non-hydrogen) atoms. The summed E-state index contributed by atoms with van der Waals surface area (Å²) in [6.45, 7) is 0. The van der Waals surface area contributed by atoms with E-state index in [9.17, 15) is 9.59 Å². The van der Waals surface area contributed by atoms with Gasteiger partial charge in [0.2, 0.25) is 11.8 Å². The van der Waals surface area contributed by atoms with Crippen molar-refractivity contribution in [1.29, 1.82) is 0 Å². The van der Waals surface area contributed by atoms with Gasteiger partial charge in [0.25, 0.3) is 0 Å². The number of nitrogens with zero attached hydrogens (tertiary/aromatic N) is 2. The van der Waals surface area contributed by atoms with Crippen molar-refractivity contribution in [1.82, 2.24) is 9.78 Å². The SMILES string of the molecule is COc1ccc(-c2cnn3c2NC(=O)C[C@@H]3C(=O)Nc2ccc(Cl)c(Cl)c2)cc1. The molecule has 0 bridgehead atoms. The first-order chi connectivity index (χ1) is 14.0. The zero-order valence-corrected chi connectivity index (χ0v) is 16.8. The van der Waals surface area contributed by atoms with Crippen molar-refractivity contribution in [2.45, 2.75) is 12.5 Å². The minimum Gasteiger partial charge on any atom is -0.497 e. The summed E-state index contributed by atoms with van der Waals surface area (Å²) >= 11 is 11.9. The van der Waals surface area contributed by atoms with Crippen molar-refractivity contribution in [2.75, 3.05) is 17.7 Å². The molecule has 1 aromatic heterocycles. The predicted octanol–water partition coefficient (Wildman–Crippen LogP) is 4.39. The first kappa shape index (κ1) is 19.3. The number of nitrogens with one attached hydrogen (secondary N) is 2. The van der Waals surface area contributed by atoms with Crippen molar-refractivity contribution >= 4 is 46.5 Å². The fourth-order valence-electron chi connectivity index (χ4n) is 3.15. The van der Waals surface area contributed by atoms with Crippen LogP contribution in [0.4, 0.5) is 11.5 Å². The number of hydrogen-bond acceptors (Lipinski definition) is 4. The highest BCUT2D eigenvalue weighted by Crippen LogP contribution is 2.35. The molecule has 0 aliphatic carbocycles. The number of hydrogen-bond donors (Lipinski definition) is 2. The van der Waals surface area contributed by atoms with Gasteiger partial charge in [0.15, 0.2) is 0 Å². The Morgan fingerprint density at radius 2 is 1.97 bits per heavy atom. The summed E-state index contributed by atoms with van der Waals surface area (Å²) in [4.78, 5) is 25.1. The van der Waals surface area contributed by atoms with Gasteiger partial charge in [0.1, 0.15) is 17.6 Å². The number of methoxy groups -OCH3 is 1. The predicted molar refractivity (Wildman–Crippen MR) is 112 cm³/mol. The maximum absolute atomic E-state index is 12.9. The Labute approximate surface area is 176 Å². The number of amides is 2. The quantitative estimate of drug-likeness (QED) is 0.642. The zero-order valence-electron chi connectivity index (χ0n) is 15.3. The van der Waals surface area contributed by atoms with Gasteiger partial charge in [-0.3, -0.25) is 9.59 Å². The lowest BCUT2D eigenvalue weighted by Crippen LogP contribution is -2.35. The summed E-state index contributed by atoms with van der Waals surface area (Å²) < 4.78 is 6.70. The summed E-state index contributed by atoms with van der Waals surface area (Å²) in [5.74, 6) is 0.560. The van der Waals surface area contributed by atoms with Crippen molar-refractivity contribution in [2.24, 2.45) is 0 Å². The first-order valence-corrected chi connectivity index (χ1v) is 9.49. The Hall–Kier alpha value is -3.03. The molecule has 2 aromatic carbocycles. The minimum absolute atomic E-state index is 0.0239. The van der Waals surface area contributed by atoms with Crippen LogP contribution in [0.15, 0.2) is 48.7 Å². The van der Waals surface area contributed by atoms with Crippen LogP contribution >= 0.6 is 23.2 Å². The van der Waals surface area contributed by atoms with E-state index in [-0.39, 0.29) is 18.2 Å². The standard InChI is InChI=1S/C20H16Cl2N4O3/c1-29-13-5-2-11(3-6-13)14-10-23-26-17(9-18(27)25-19(14)26)20(28)24-12-4-7-15(21)16(22)8-12/h2-8,10,17H,9H2,1H3,(H,24,28)(H,25,27)/t17-/m1/s1. The van der Waals surface area contributed by atoms with Crippen LogP contribution in [0.5, 0.6) is 5.75 Å². The lowest BCUT2D eigenvalue weighted by molar-refractivity contribution is -0.125. The van der Waals surface area contributed by atoms with Gasteiger partial charge in [-0.15, -0.1) is 0 Å². The van der Waals surface area contributed by atoms with Crippen LogP contribution in [-0.4, -0.2) is 28.7 Å². The number of carbonyl (C=O) groups excluding carboxylic acids is 2. The average molecular weight is 431 g/mol. The van der Waals surface area contributed by atoms with Crippen LogP contribution < -0.4 is 15.4 Å². The van der Waals surface area contributed by atoms with Crippen molar-refractivity contribution < 1.29 is 14.3 Å². The van der Waals surface area contributed by atoms with Gasteiger partial charge in [0, 0.05) is 11.3 Å². The van der Waals surface area contributed by atoms with Crippen molar-refractivity contribution in [3.63, 3.8) is 0 Å². The lowest BCUT2D eigenvalue weighted by atomic mass is 10.1. The molecule has 2 heterocycles. The van der Waals surface area contributed by atoms with E-state index in [1.807, 2.05) is 24.3 Å². The first-order valence-electron chi connectivity index (χ1n) is 8.74. The molecule has 0 unspecified atom stereocenters. The van der Waals surface area contributed by atoms with E-state index < -0.39 is 6.04 Å². The normalized spacial score (nSPS) is 15.4. The van der Waals surface area contributed by atoms with Gasteiger partial charge in [-0.05, 0) is 35.9 Å². The third-order valence-corrected chi connectivity index (χ3v) is 5.36. The number of ether oxygens (including phenoxy) is 1. The molecule has 1 aliphatic rings. The molecule has 0 spiro atoms. The summed E-state index contributed by atoms with van der Waals surface area (Å²) in [7, 11) is 1.59. The van der Waals surface area contributed by atoms with Gasteiger partial charge in [-0.25, -0.2) is 4.68 Å². The molecule has 0 fully saturated rings.